The molecule has 0 spiro atoms. The lowest BCUT2D eigenvalue weighted by molar-refractivity contribution is 0.102. The van der Waals surface area contributed by atoms with Crippen molar-refractivity contribution < 1.29 is 18.3 Å². The number of halogens is 2. The largest absolute Gasteiger partial charge is 0.497 e. The monoisotopic (exact) mass is 423 g/mol. The van der Waals surface area contributed by atoms with Gasteiger partial charge in [-0.1, -0.05) is 23.7 Å². The molecule has 0 aliphatic carbocycles. The molecule has 4 aromatic rings. The molecule has 0 unspecified atom stereocenters. The molecule has 0 saturated heterocycles. The van der Waals surface area contributed by atoms with Crippen LogP contribution >= 0.6 is 11.6 Å². The molecule has 3 aromatic carbocycles. The summed E-state index contributed by atoms with van der Waals surface area (Å²) in [5.41, 5.74) is 0.842. The van der Waals surface area contributed by atoms with Crippen molar-refractivity contribution >= 4 is 34.4 Å². The number of anilines is 1. The summed E-state index contributed by atoms with van der Waals surface area (Å²) in [6.07, 6.45) is 0. The zero-order valence-corrected chi connectivity index (χ0v) is 16.5. The fourth-order valence-corrected chi connectivity index (χ4v) is 3.22. The Bertz CT molecular complexity index is 1300. The number of carbonyl (C=O) groups excluding carboxylic acids is 1. The molecule has 1 amide bonds. The summed E-state index contributed by atoms with van der Waals surface area (Å²) in [4.78, 5) is 25.9. The van der Waals surface area contributed by atoms with Crippen molar-refractivity contribution in [1.82, 2.24) is 0 Å². The van der Waals surface area contributed by atoms with E-state index in [-0.39, 0.29) is 33.4 Å². The summed E-state index contributed by atoms with van der Waals surface area (Å²) in [6, 6.07) is 16.5. The number of amides is 1. The molecular formula is C23H15ClFNO4. The van der Waals surface area contributed by atoms with Crippen LogP contribution in [0.15, 0.2) is 75.9 Å². The highest BCUT2D eigenvalue weighted by Crippen LogP contribution is 2.31. The lowest BCUT2D eigenvalue weighted by atomic mass is 10.0. The topological polar surface area (TPSA) is 68.5 Å². The molecule has 1 aromatic heterocycles. The molecule has 5 nitrogen and oxygen atoms in total. The van der Waals surface area contributed by atoms with Gasteiger partial charge in [0.2, 0.25) is 11.3 Å². The van der Waals surface area contributed by atoms with E-state index in [1.807, 2.05) is 0 Å². The zero-order chi connectivity index (χ0) is 21.3. The minimum absolute atomic E-state index is 0.0192. The Hall–Kier alpha value is -3.64. The van der Waals surface area contributed by atoms with Crippen molar-refractivity contribution in [3.05, 3.63) is 93.4 Å². The number of fused-ring (bicyclic) bond motifs is 1. The first-order chi connectivity index (χ1) is 14.5. The van der Waals surface area contributed by atoms with Crippen molar-refractivity contribution in [3.8, 4) is 16.9 Å². The van der Waals surface area contributed by atoms with Crippen molar-refractivity contribution in [1.29, 1.82) is 0 Å². The molecule has 7 heteroatoms. The van der Waals surface area contributed by atoms with Crippen molar-refractivity contribution in [2.75, 3.05) is 12.4 Å². The van der Waals surface area contributed by atoms with Crippen LogP contribution in [-0.2, 0) is 0 Å². The van der Waals surface area contributed by atoms with Crippen LogP contribution in [-0.4, -0.2) is 13.0 Å². The highest BCUT2D eigenvalue weighted by Gasteiger charge is 2.19. The van der Waals surface area contributed by atoms with Crippen LogP contribution in [0.25, 0.3) is 22.1 Å². The van der Waals surface area contributed by atoms with Gasteiger partial charge in [0.15, 0.2) is 0 Å². The minimum Gasteiger partial charge on any atom is -0.497 e. The Morgan fingerprint density at radius 1 is 1.03 bits per heavy atom. The smallest absolute Gasteiger partial charge is 0.257 e. The minimum atomic E-state index is -0.541. The second-order valence-electron chi connectivity index (χ2n) is 6.47. The molecule has 4 rings (SSSR count). The number of hydrogen-bond donors (Lipinski definition) is 1. The Balaban J connectivity index is 1.87. The lowest BCUT2D eigenvalue weighted by Gasteiger charge is -2.12. The Morgan fingerprint density at radius 2 is 1.73 bits per heavy atom. The summed E-state index contributed by atoms with van der Waals surface area (Å²) in [5.74, 6) is -0.404. The number of rotatable bonds is 4. The van der Waals surface area contributed by atoms with Crippen LogP contribution in [0.5, 0.6) is 5.75 Å². The molecule has 0 atom stereocenters. The maximum atomic E-state index is 13.3. The molecule has 0 aliphatic rings. The van der Waals surface area contributed by atoms with Crippen LogP contribution in [0, 0.1) is 5.82 Å². The van der Waals surface area contributed by atoms with Gasteiger partial charge in [0.05, 0.1) is 18.1 Å². The third-order valence-corrected chi connectivity index (χ3v) is 4.80. The van der Waals surface area contributed by atoms with Gasteiger partial charge in [-0.2, -0.15) is 0 Å². The van der Waals surface area contributed by atoms with Crippen molar-refractivity contribution in [3.63, 3.8) is 0 Å². The maximum absolute atomic E-state index is 13.3. The van der Waals surface area contributed by atoms with E-state index in [0.717, 1.165) is 0 Å². The van der Waals surface area contributed by atoms with Crippen LogP contribution in [0.3, 0.4) is 0 Å². The number of carbonyl (C=O) groups is 1. The molecular weight excluding hydrogens is 409 g/mol. The van der Waals surface area contributed by atoms with E-state index in [9.17, 15) is 14.0 Å². The van der Waals surface area contributed by atoms with Gasteiger partial charge in [-0.25, -0.2) is 4.39 Å². The number of methoxy groups -OCH3 is 1. The lowest BCUT2D eigenvalue weighted by Crippen LogP contribution is -2.16. The van der Waals surface area contributed by atoms with Crippen molar-refractivity contribution in [2.24, 2.45) is 0 Å². The summed E-state index contributed by atoms with van der Waals surface area (Å²) < 4.78 is 24.2. The first-order valence-corrected chi connectivity index (χ1v) is 9.32. The Kier molecular flexibility index (Phi) is 5.25. The van der Waals surface area contributed by atoms with E-state index < -0.39 is 11.7 Å². The first-order valence-electron chi connectivity index (χ1n) is 8.94. The maximum Gasteiger partial charge on any atom is 0.257 e. The quantitative estimate of drug-likeness (QED) is 0.469. The fourth-order valence-electron chi connectivity index (χ4n) is 3.05. The second kappa shape index (κ2) is 8.00. The molecule has 0 saturated carbocycles. The van der Waals surface area contributed by atoms with E-state index in [4.69, 9.17) is 20.8 Å². The summed E-state index contributed by atoms with van der Waals surface area (Å²) in [7, 11) is 1.54. The summed E-state index contributed by atoms with van der Waals surface area (Å²) >= 11 is 6.05. The molecule has 0 bridgehead atoms. The van der Waals surface area contributed by atoms with E-state index in [0.29, 0.717) is 16.3 Å². The molecule has 0 aliphatic heterocycles. The Morgan fingerprint density at radius 3 is 2.40 bits per heavy atom. The number of ether oxygens (including phenoxy) is 1. The molecule has 1 heterocycles. The molecule has 1 N–H and O–H groups in total. The number of hydrogen-bond acceptors (Lipinski definition) is 4. The molecule has 150 valence electrons. The zero-order valence-electron chi connectivity index (χ0n) is 15.7. The van der Waals surface area contributed by atoms with Gasteiger partial charge >= 0.3 is 0 Å². The van der Waals surface area contributed by atoms with Gasteiger partial charge in [-0.15, -0.1) is 0 Å². The number of nitrogens with one attached hydrogen (secondary N) is 1. The third-order valence-electron chi connectivity index (χ3n) is 4.56. The second-order valence-corrected chi connectivity index (χ2v) is 6.90. The average Bonchev–Trinajstić information content (AvgIpc) is 2.75. The summed E-state index contributed by atoms with van der Waals surface area (Å²) in [6.45, 7) is 0. The fraction of sp³-hybridized carbons (Fsp3) is 0.0435. The van der Waals surface area contributed by atoms with Gasteiger partial charge in [0.1, 0.15) is 17.1 Å². The molecule has 30 heavy (non-hydrogen) atoms. The normalized spacial score (nSPS) is 10.8. The highest BCUT2D eigenvalue weighted by molar-refractivity contribution is 6.31. The van der Waals surface area contributed by atoms with Gasteiger partial charge in [-0.3, -0.25) is 14.9 Å². The molecule has 0 radical (unpaired) electrons. The highest BCUT2D eigenvalue weighted by atomic mass is 35.5. The van der Waals surface area contributed by atoms with Gasteiger partial charge in [0.25, 0.3) is 5.91 Å². The van der Waals surface area contributed by atoms with Gasteiger partial charge < -0.3 is 9.15 Å². The third kappa shape index (κ3) is 3.77. The van der Waals surface area contributed by atoms with Crippen LogP contribution in [0.4, 0.5) is 10.3 Å². The molecule has 0 fully saturated rings. The number of benzene rings is 3. The summed E-state index contributed by atoms with van der Waals surface area (Å²) in [5, 5.41) is 3.30. The van der Waals surface area contributed by atoms with Crippen LogP contribution in [0.2, 0.25) is 5.02 Å². The van der Waals surface area contributed by atoms with E-state index in [1.54, 1.807) is 36.4 Å². The predicted molar refractivity (Wildman–Crippen MR) is 114 cm³/mol. The average molecular weight is 424 g/mol. The Labute approximate surface area is 175 Å². The van der Waals surface area contributed by atoms with Crippen LogP contribution in [0.1, 0.15) is 10.4 Å². The predicted octanol–water partition coefficient (Wildman–Crippen LogP) is 5.51. The first kappa shape index (κ1) is 19.7. The van der Waals surface area contributed by atoms with E-state index in [1.165, 1.54) is 37.4 Å². The van der Waals surface area contributed by atoms with E-state index in [2.05, 4.69) is 5.32 Å². The van der Waals surface area contributed by atoms with Gasteiger partial charge in [-0.05, 0) is 60.2 Å². The van der Waals surface area contributed by atoms with Crippen LogP contribution < -0.4 is 15.5 Å². The standard InChI is InChI=1S/C23H15ClFNO4/c1-29-17-9-4-13(5-10-17)20-21(27)18-12-15(24)6-11-19(18)30-23(20)26-22(28)14-2-7-16(25)8-3-14/h2-12H,1H3,(H,26,28). The van der Waals surface area contributed by atoms with E-state index >= 15 is 0 Å². The SMILES string of the molecule is COc1ccc(-c2c(NC(=O)c3ccc(F)cc3)oc3ccc(Cl)cc3c2=O)cc1. The van der Waals surface area contributed by atoms with Crippen molar-refractivity contribution in [2.45, 2.75) is 0 Å². The van der Waals surface area contributed by atoms with Gasteiger partial charge in [0, 0.05) is 10.6 Å².